The van der Waals surface area contributed by atoms with Crippen molar-refractivity contribution in [1.82, 2.24) is 0 Å². The van der Waals surface area contributed by atoms with Gasteiger partial charge in [-0.1, -0.05) is 15.9 Å². The van der Waals surface area contributed by atoms with E-state index in [4.69, 9.17) is 0 Å². The molecule has 1 fully saturated rings. The van der Waals surface area contributed by atoms with Crippen molar-refractivity contribution in [2.45, 2.75) is 19.1 Å². The van der Waals surface area contributed by atoms with E-state index in [1.807, 2.05) is 18.2 Å². The molecule has 82 valence electrons. The van der Waals surface area contributed by atoms with Gasteiger partial charge in [0.05, 0.1) is 12.7 Å². The number of halogens is 1. The highest BCUT2D eigenvalue weighted by Gasteiger charge is 2.21. The summed E-state index contributed by atoms with van der Waals surface area (Å²) in [6, 6.07) is 5.85. The molecule has 1 unspecified atom stereocenters. The second-order valence-corrected chi connectivity index (χ2v) is 4.74. The fourth-order valence-electron chi connectivity index (χ4n) is 1.95. The van der Waals surface area contributed by atoms with Crippen LogP contribution in [0.2, 0.25) is 0 Å². The van der Waals surface area contributed by atoms with E-state index in [0.29, 0.717) is 6.54 Å². The molecule has 2 N–H and O–H groups in total. The van der Waals surface area contributed by atoms with E-state index in [0.717, 1.165) is 28.7 Å². The molecule has 1 aliphatic heterocycles. The number of rotatable bonds is 2. The molecule has 0 radical (unpaired) electrons. The first kappa shape index (κ1) is 10.9. The lowest BCUT2D eigenvalue weighted by atomic mass is 10.2. The second-order valence-electron chi connectivity index (χ2n) is 3.82. The second kappa shape index (κ2) is 4.51. The molecule has 0 amide bonds. The number of hydrogen-bond acceptors (Lipinski definition) is 3. The van der Waals surface area contributed by atoms with E-state index in [1.54, 1.807) is 0 Å². The van der Waals surface area contributed by atoms with Crippen molar-refractivity contribution in [3.05, 3.63) is 28.2 Å². The number of nitrogens with zero attached hydrogens (tertiary/aromatic N) is 1. The Morgan fingerprint density at radius 2 is 2.27 bits per heavy atom. The summed E-state index contributed by atoms with van der Waals surface area (Å²) in [7, 11) is 0. The maximum atomic E-state index is 9.47. The summed E-state index contributed by atoms with van der Waals surface area (Å²) in [5, 5.41) is 18.7. The van der Waals surface area contributed by atoms with Gasteiger partial charge < -0.3 is 15.1 Å². The van der Waals surface area contributed by atoms with E-state index in [-0.39, 0.29) is 12.7 Å². The van der Waals surface area contributed by atoms with Crippen molar-refractivity contribution < 1.29 is 10.2 Å². The minimum absolute atomic E-state index is 0.0291. The summed E-state index contributed by atoms with van der Waals surface area (Å²) in [6.07, 6.45) is 0.571. The summed E-state index contributed by atoms with van der Waals surface area (Å²) in [4.78, 5) is 2.11. The summed E-state index contributed by atoms with van der Waals surface area (Å²) in [5.41, 5.74) is 1.93. The third-order valence-electron chi connectivity index (χ3n) is 2.72. The first-order chi connectivity index (χ1) is 7.20. The van der Waals surface area contributed by atoms with Crippen molar-refractivity contribution in [2.75, 3.05) is 18.0 Å². The lowest BCUT2D eigenvalue weighted by Crippen LogP contribution is -2.22. The van der Waals surface area contributed by atoms with Crippen LogP contribution in [0.4, 0.5) is 5.69 Å². The highest BCUT2D eigenvalue weighted by molar-refractivity contribution is 9.10. The van der Waals surface area contributed by atoms with Crippen LogP contribution in [-0.2, 0) is 6.61 Å². The summed E-state index contributed by atoms with van der Waals surface area (Å²) >= 11 is 3.38. The van der Waals surface area contributed by atoms with Gasteiger partial charge in [0, 0.05) is 28.8 Å². The van der Waals surface area contributed by atoms with Crippen LogP contribution in [0.3, 0.4) is 0 Å². The molecule has 1 heterocycles. The van der Waals surface area contributed by atoms with E-state index >= 15 is 0 Å². The Morgan fingerprint density at radius 3 is 2.87 bits per heavy atom. The fraction of sp³-hybridized carbons (Fsp3) is 0.455. The average molecular weight is 272 g/mol. The number of aliphatic hydroxyl groups excluding tert-OH is 2. The quantitative estimate of drug-likeness (QED) is 0.857. The normalized spacial score (nSPS) is 21.0. The molecular weight excluding hydrogens is 258 g/mol. The average Bonchev–Trinajstić information content (AvgIpc) is 2.64. The Hall–Kier alpha value is -0.580. The Labute approximate surface area is 97.5 Å². The third-order valence-corrected chi connectivity index (χ3v) is 3.21. The molecule has 0 aromatic heterocycles. The SMILES string of the molecule is OCc1cc(Br)ccc1N1CCC(O)C1. The number of anilines is 1. The van der Waals surface area contributed by atoms with Gasteiger partial charge in [-0.25, -0.2) is 0 Å². The van der Waals surface area contributed by atoms with Gasteiger partial charge >= 0.3 is 0 Å². The summed E-state index contributed by atoms with van der Waals surface area (Å²) in [5.74, 6) is 0. The molecule has 0 spiro atoms. The molecule has 2 rings (SSSR count). The molecular formula is C11H14BrNO2. The summed E-state index contributed by atoms with van der Waals surface area (Å²) in [6.45, 7) is 1.55. The molecule has 1 aromatic carbocycles. The topological polar surface area (TPSA) is 43.7 Å². The van der Waals surface area contributed by atoms with Crippen molar-refractivity contribution in [1.29, 1.82) is 0 Å². The maximum Gasteiger partial charge on any atom is 0.0731 e. The van der Waals surface area contributed by atoms with Gasteiger partial charge in [0.25, 0.3) is 0 Å². The van der Waals surface area contributed by atoms with Gasteiger partial charge in [-0.3, -0.25) is 0 Å². The molecule has 4 heteroatoms. The standard InChI is InChI=1S/C11H14BrNO2/c12-9-1-2-11(8(5-9)7-14)13-4-3-10(15)6-13/h1-2,5,10,14-15H,3-4,6-7H2. The zero-order valence-electron chi connectivity index (χ0n) is 8.36. The van der Waals surface area contributed by atoms with Gasteiger partial charge in [-0.05, 0) is 24.6 Å². The van der Waals surface area contributed by atoms with Gasteiger partial charge in [-0.2, -0.15) is 0 Å². The lowest BCUT2D eigenvalue weighted by molar-refractivity contribution is 0.198. The molecule has 1 saturated heterocycles. The van der Waals surface area contributed by atoms with Crippen molar-refractivity contribution in [3.63, 3.8) is 0 Å². The van der Waals surface area contributed by atoms with Crippen LogP contribution in [0.5, 0.6) is 0 Å². The minimum Gasteiger partial charge on any atom is -0.392 e. The molecule has 0 aliphatic carbocycles. The molecule has 3 nitrogen and oxygen atoms in total. The number of β-amino-alcohol motifs (C(OH)–C–C–N with tert-alkyl or cyclic N) is 1. The number of aliphatic hydroxyl groups is 2. The van der Waals surface area contributed by atoms with Gasteiger partial charge in [-0.15, -0.1) is 0 Å². The van der Waals surface area contributed by atoms with Gasteiger partial charge in [0.15, 0.2) is 0 Å². The molecule has 15 heavy (non-hydrogen) atoms. The first-order valence-electron chi connectivity index (χ1n) is 5.03. The highest BCUT2D eigenvalue weighted by atomic mass is 79.9. The highest BCUT2D eigenvalue weighted by Crippen LogP contribution is 2.27. The lowest BCUT2D eigenvalue weighted by Gasteiger charge is -2.21. The van der Waals surface area contributed by atoms with Crippen LogP contribution in [-0.4, -0.2) is 29.4 Å². The zero-order chi connectivity index (χ0) is 10.8. The molecule has 1 aliphatic rings. The minimum atomic E-state index is -0.236. The Kier molecular flexibility index (Phi) is 3.29. The smallest absolute Gasteiger partial charge is 0.0731 e. The number of hydrogen-bond donors (Lipinski definition) is 2. The van der Waals surface area contributed by atoms with Crippen molar-refractivity contribution >= 4 is 21.6 Å². The van der Waals surface area contributed by atoms with Crippen LogP contribution in [0.15, 0.2) is 22.7 Å². The van der Waals surface area contributed by atoms with Gasteiger partial charge in [0.2, 0.25) is 0 Å². The Morgan fingerprint density at radius 1 is 1.47 bits per heavy atom. The molecule has 0 saturated carbocycles. The zero-order valence-corrected chi connectivity index (χ0v) is 9.94. The van der Waals surface area contributed by atoms with Crippen molar-refractivity contribution in [3.8, 4) is 0 Å². The monoisotopic (exact) mass is 271 g/mol. The van der Waals surface area contributed by atoms with E-state index < -0.39 is 0 Å². The molecule has 1 atom stereocenters. The van der Waals surface area contributed by atoms with E-state index in [2.05, 4.69) is 20.8 Å². The van der Waals surface area contributed by atoms with Crippen molar-refractivity contribution in [2.24, 2.45) is 0 Å². The van der Waals surface area contributed by atoms with Crippen LogP contribution >= 0.6 is 15.9 Å². The van der Waals surface area contributed by atoms with Crippen LogP contribution in [0.25, 0.3) is 0 Å². The van der Waals surface area contributed by atoms with Gasteiger partial charge in [0.1, 0.15) is 0 Å². The molecule has 1 aromatic rings. The Balaban J connectivity index is 2.27. The van der Waals surface area contributed by atoms with Crippen LogP contribution in [0, 0.1) is 0 Å². The predicted molar refractivity (Wildman–Crippen MR) is 62.9 cm³/mol. The fourth-order valence-corrected chi connectivity index (χ4v) is 2.36. The van der Waals surface area contributed by atoms with Crippen LogP contribution in [0.1, 0.15) is 12.0 Å². The van der Waals surface area contributed by atoms with Crippen LogP contribution < -0.4 is 4.90 Å². The predicted octanol–water partition coefficient (Wildman–Crippen LogP) is 1.51. The number of benzene rings is 1. The third kappa shape index (κ3) is 2.33. The van der Waals surface area contributed by atoms with E-state index in [9.17, 15) is 10.2 Å². The largest absolute Gasteiger partial charge is 0.392 e. The first-order valence-corrected chi connectivity index (χ1v) is 5.82. The maximum absolute atomic E-state index is 9.47. The Bertz CT molecular complexity index is 356. The van der Waals surface area contributed by atoms with E-state index in [1.165, 1.54) is 0 Å². The summed E-state index contributed by atoms with van der Waals surface area (Å²) < 4.78 is 0.968. The molecule has 0 bridgehead atoms.